The van der Waals surface area contributed by atoms with Crippen molar-refractivity contribution in [3.05, 3.63) is 68.8 Å². The van der Waals surface area contributed by atoms with Gasteiger partial charge in [-0.2, -0.15) is 4.99 Å². The van der Waals surface area contributed by atoms with Gasteiger partial charge in [-0.25, -0.2) is 4.39 Å². The summed E-state index contributed by atoms with van der Waals surface area (Å²) >= 11 is 1.18. The van der Waals surface area contributed by atoms with E-state index in [1.165, 1.54) is 41.7 Å². The number of terminal acetylenes is 1. The number of aromatic nitrogens is 1. The van der Waals surface area contributed by atoms with E-state index in [1.54, 1.807) is 10.6 Å². The van der Waals surface area contributed by atoms with Gasteiger partial charge in [-0.3, -0.25) is 14.9 Å². The summed E-state index contributed by atoms with van der Waals surface area (Å²) in [4.78, 5) is 27.0. The molecule has 0 saturated carbocycles. The molecule has 0 bridgehead atoms. The number of non-ortho nitro benzene ring substituents is 1. The van der Waals surface area contributed by atoms with Crippen LogP contribution in [0.5, 0.6) is 0 Å². The van der Waals surface area contributed by atoms with Crippen LogP contribution in [0.3, 0.4) is 0 Å². The van der Waals surface area contributed by atoms with Crippen molar-refractivity contribution < 1.29 is 14.1 Å². The molecule has 25 heavy (non-hydrogen) atoms. The van der Waals surface area contributed by atoms with Gasteiger partial charge in [0.1, 0.15) is 5.82 Å². The van der Waals surface area contributed by atoms with E-state index in [2.05, 4.69) is 10.9 Å². The molecule has 3 aromatic rings. The van der Waals surface area contributed by atoms with Crippen LogP contribution in [0.15, 0.2) is 47.5 Å². The summed E-state index contributed by atoms with van der Waals surface area (Å²) in [5.41, 5.74) is 0.540. The van der Waals surface area contributed by atoms with Crippen LogP contribution in [0.4, 0.5) is 10.1 Å². The van der Waals surface area contributed by atoms with E-state index in [0.717, 1.165) is 6.07 Å². The van der Waals surface area contributed by atoms with Crippen molar-refractivity contribution in [2.24, 2.45) is 4.99 Å². The van der Waals surface area contributed by atoms with Crippen molar-refractivity contribution in [1.82, 2.24) is 4.57 Å². The highest BCUT2D eigenvalue weighted by molar-refractivity contribution is 7.16. The molecule has 0 atom stereocenters. The van der Waals surface area contributed by atoms with Crippen molar-refractivity contribution in [3.63, 3.8) is 0 Å². The number of nitro groups is 1. The summed E-state index contributed by atoms with van der Waals surface area (Å²) in [6.45, 7) is 0.0937. The van der Waals surface area contributed by atoms with E-state index in [1.807, 2.05) is 0 Å². The van der Waals surface area contributed by atoms with Gasteiger partial charge in [-0.05, 0) is 24.3 Å². The van der Waals surface area contributed by atoms with E-state index >= 15 is 0 Å². The predicted molar refractivity (Wildman–Crippen MR) is 91.6 cm³/mol. The molecule has 0 N–H and O–H groups in total. The third-order valence-electron chi connectivity index (χ3n) is 3.39. The highest BCUT2D eigenvalue weighted by Crippen LogP contribution is 2.23. The smallest absolute Gasteiger partial charge is 0.279 e. The standard InChI is InChI=1S/C17H10FN3O3S/c1-2-8-20-14-10-13(21(23)24)6-7-15(14)25-17(20)19-16(22)11-4-3-5-12(18)9-11/h1,3-7,9-10H,8H2. The first-order valence-corrected chi connectivity index (χ1v) is 7.87. The number of thiazole rings is 1. The van der Waals surface area contributed by atoms with Crippen LogP contribution in [0.25, 0.3) is 10.2 Å². The van der Waals surface area contributed by atoms with Crippen molar-refractivity contribution in [2.75, 3.05) is 0 Å². The largest absolute Gasteiger partial charge is 0.304 e. The highest BCUT2D eigenvalue weighted by Gasteiger charge is 2.13. The van der Waals surface area contributed by atoms with Crippen LogP contribution in [-0.2, 0) is 6.54 Å². The van der Waals surface area contributed by atoms with Crippen molar-refractivity contribution in [1.29, 1.82) is 0 Å². The second-order valence-corrected chi connectivity index (χ2v) is 6.02. The minimum Gasteiger partial charge on any atom is -0.304 e. The van der Waals surface area contributed by atoms with Crippen LogP contribution < -0.4 is 4.80 Å². The van der Waals surface area contributed by atoms with Crippen molar-refractivity contribution in [3.8, 4) is 12.3 Å². The van der Waals surface area contributed by atoms with Crippen molar-refractivity contribution >= 4 is 33.1 Å². The predicted octanol–water partition coefficient (Wildman–Crippen LogP) is 3.12. The van der Waals surface area contributed by atoms with Gasteiger partial charge in [0, 0.05) is 17.7 Å². The average Bonchev–Trinajstić information content (AvgIpc) is 2.92. The molecule has 2 aromatic carbocycles. The van der Waals surface area contributed by atoms with Gasteiger partial charge >= 0.3 is 0 Å². The molecule has 1 heterocycles. The Morgan fingerprint density at radius 1 is 1.36 bits per heavy atom. The molecule has 1 amide bonds. The molecule has 0 saturated heterocycles. The first-order valence-electron chi connectivity index (χ1n) is 7.05. The second-order valence-electron chi connectivity index (χ2n) is 5.01. The molecule has 1 aromatic heterocycles. The van der Waals surface area contributed by atoms with Gasteiger partial charge in [0.25, 0.3) is 11.6 Å². The lowest BCUT2D eigenvalue weighted by Crippen LogP contribution is -2.16. The Labute approximate surface area is 145 Å². The summed E-state index contributed by atoms with van der Waals surface area (Å²) in [7, 11) is 0. The topological polar surface area (TPSA) is 77.5 Å². The van der Waals surface area contributed by atoms with E-state index in [4.69, 9.17) is 6.42 Å². The maximum atomic E-state index is 13.3. The molecule has 0 aliphatic heterocycles. The summed E-state index contributed by atoms with van der Waals surface area (Å²) in [5, 5.41) is 11.0. The number of hydrogen-bond donors (Lipinski definition) is 0. The number of nitro benzene ring substituents is 1. The molecule has 0 aliphatic carbocycles. The molecule has 0 fully saturated rings. The van der Waals surface area contributed by atoms with E-state index in [9.17, 15) is 19.3 Å². The summed E-state index contributed by atoms with van der Waals surface area (Å²) in [6.07, 6.45) is 5.36. The molecule has 0 spiro atoms. The number of rotatable bonds is 3. The first-order chi connectivity index (χ1) is 12.0. The fourth-order valence-electron chi connectivity index (χ4n) is 2.27. The Morgan fingerprint density at radius 2 is 2.16 bits per heavy atom. The zero-order chi connectivity index (χ0) is 18.0. The molecule has 0 aliphatic rings. The summed E-state index contributed by atoms with van der Waals surface area (Å²) in [6, 6.07) is 9.53. The van der Waals surface area contributed by atoms with Gasteiger partial charge in [-0.15, -0.1) is 6.42 Å². The number of fused-ring (bicyclic) bond motifs is 1. The number of benzene rings is 2. The quantitative estimate of drug-likeness (QED) is 0.411. The number of hydrogen-bond acceptors (Lipinski definition) is 4. The molecule has 0 radical (unpaired) electrons. The zero-order valence-corrected chi connectivity index (χ0v) is 13.5. The maximum Gasteiger partial charge on any atom is 0.279 e. The second kappa shape index (κ2) is 6.67. The molecule has 6 nitrogen and oxygen atoms in total. The Kier molecular flexibility index (Phi) is 4.41. The zero-order valence-electron chi connectivity index (χ0n) is 12.7. The van der Waals surface area contributed by atoms with E-state index < -0.39 is 16.6 Å². The number of carbonyl (C=O) groups excluding carboxylic acids is 1. The molecule has 8 heteroatoms. The summed E-state index contributed by atoms with van der Waals surface area (Å²) < 4.78 is 15.5. The maximum absolute atomic E-state index is 13.3. The van der Waals surface area contributed by atoms with Crippen LogP contribution in [0, 0.1) is 28.3 Å². The van der Waals surface area contributed by atoms with Gasteiger partial charge in [0.2, 0.25) is 0 Å². The van der Waals surface area contributed by atoms with E-state index in [0.29, 0.717) is 15.0 Å². The molecule has 3 rings (SSSR count). The third kappa shape index (κ3) is 3.32. The lowest BCUT2D eigenvalue weighted by Gasteiger charge is -2.00. The number of nitrogens with zero attached hydrogens (tertiary/aromatic N) is 3. The SMILES string of the molecule is C#CCn1c(=NC(=O)c2cccc(F)c2)sc2ccc([N+](=O)[O-])cc21. The normalized spacial score (nSPS) is 11.4. The fourth-order valence-corrected chi connectivity index (χ4v) is 3.28. The molecule has 124 valence electrons. The lowest BCUT2D eigenvalue weighted by atomic mass is 10.2. The first kappa shape index (κ1) is 16.5. The van der Waals surface area contributed by atoms with Crippen LogP contribution in [0.1, 0.15) is 10.4 Å². The van der Waals surface area contributed by atoms with Crippen molar-refractivity contribution in [2.45, 2.75) is 6.54 Å². The van der Waals surface area contributed by atoms with Crippen LogP contribution >= 0.6 is 11.3 Å². The van der Waals surface area contributed by atoms with Gasteiger partial charge in [-0.1, -0.05) is 23.3 Å². The third-order valence-corrected chi connectivity index (χ3v) is 4.45. The van der Waals surface area contributed by atoms with Crippen LogP contribution in [-0.4, -0.2) is 15.4 Å². The Hall–Kier alpha value is -3.31. The van der Waals surface area contributed by atoms with Gasteiger partial charge in [0.05, 0.1) is 21.7 Å². The number of amides is 1. The number of halogens is 1. The minimum atomic E-state index is -0.619. The Balaban J connectivity index is 2.18. The Bertz CT molecular complexity index is 1110. The Morgan fingerprint density at radius 3 is 2.84 bits per heavy atom. The number of carbonyl (C=O) groups is 1. The van der Waals surface area contributed by atoms with Gasteiger partial charge in [0.15, 0.2) is 4.80 Å². The summed E-state index contributed by atoms with van der Waals surface area (Å²) in [5.74, 6) is 1.29. The highest BCUT2D eigenvalue weighted by atomic mass is 32.1. The molecular formula is C17H10FN3O3S. The monoisotopic (exact) mass is 355 g/mol. The molecule has 0 unspecified atom stereocenters. The minimum absolute atomic E-state index is 0.0842. The lowest BCUT2D eigenvalue weighted by molar-refractivity contribution is -0.384. The average molecular weight is 355 g/mol. The molecular weight excluding hydrogens is 345 g/mol. The fraction of sp³-hybridized carbons (Fsp3) is 0.0588. The van der Waals surface area contributed by atoms with Gasteiger partial charge < -0.3 is 4.57 Å². The van der Waals surface area contributed by atoms with E-state index in [-0.39, 0.29) is 17.8 Å². The van der Waals surface area contributed by atoms with Crippen LogP contribution in [0.2, 0.25) is 0 Å².